The van der Waals surface area contributed by atoms with E-state index < -0.39 is 0 Å². The lowest BCUT2D eigenvalue weighted by Crippen LogP contribution is -2.29. The first-order valence-electron chi connectivity index (χ1n) is 7.21. The van der Waals surface area contributed by atoms with Crippen LogP contribution in [0.2, 0.25) is 0 Å². The maximum absolute atomic E-state index is 4.59. The number of benzene rings is 1. The molecule has 0 saturated carbocycles. The van der Waals surface area contributed by atoms with E-state index in [0.717, 1.165) is 11.9 Å². The summed E-state index contributed by atoms with van der Waals surface area (Å²) in [5.41, 5.74) is 1.58. The molecule has 1 aromatic heterocycles. The van der Waals surface area contributed by atoms with Crippen molar-refractivity contribution in [1.82, 2.24) is 9.78 Å². The molecular weight excluding hydrogens is 300 g/mol. The van der Waals surface area contributed by atoms with Gasteiger partial charge >= 0.3 is 0 Å². The van der Waals surface area contributed by atoms with Gasteiger partial charge in [0.15, 0.2) is 0 Å². The Morgan fingerprint density at radius 3 is 2.47 bits per heavy atom. The molecule has 0 fully saturated rings. The largest absolute Gasteiger partial charge is 0.264 e. The molecule has 2 nitrogen and oxygen atoms in total. The number of aromatic nitrogens is 2. The molecule has 0 N–H and O–H groups in total. The molecule has 0 spiro atoms. The minimum absolute atomic E-state index is 0.332. The van der Waals surface area contributed by atoms with Gasteiger partial charge in [-0.05, 0) is 24.3 Å². The summed E-state index contributed by atoms with van der Waals surface area (Å²) in [6.45, 7) is 5.55. The number of fused-ring (bicyclic) bond motifs is 1. The summed E-state index contributed by atoms with van der Waals surface area (Å²) < 4.78 is 2.18. The Balaban J connectivity index is 2.30. The lowest BCUT2D eigenvalue weighted by molar-refractivity contribution is 0.226. The lowest BCUT2D eigenvalue weighted by atomic mass is 9.81. The van der Waals surface area contributed by atoms with Crippen molar-refractivity contribution >= 4 is 26.8 Å². The number of rotatable bonds is 7. The van der Waals surface area contributed by atoms with Crippen LogP contribution in [0.5, 0.6) is 0 Å². The van der Waals surface area contributed by atoms with Crippen LogP contribution in [0.15, 0.2) is 30.5 Å². The highest BCUT2D eigenvalue weighted by Crippen LogP contribution is 2.34. The Bertz CT molecular complexity index is 512. The van der Waals surface area contributed by atoms with Gasteiger partial charge in [-0.15, -0.1) is 0 Å². The smallest absolute Gasteiger partial charge is 0.0682 e. The van der Waals surface area contributed by atoms with Gasteiger partial charge in [0.2, 0.25) is 0 Å². The van der Waals surface area contributed by atoms with E-state index in [1.54, 1.807) is 0 Å². The molecule has 1 heterocycles. The van der Waals surface area contributed by atoms with Gasteiger partial charge in [0.05, 0.1) is 11.7 Å². The van der Waals surface area contributed by atoms with Gasteiger partial charge in [-0.1, -0.05) is 60.8 Å². The lowest BCUT2D eigenvalue weighted by Gasteiger charge is -2.31. The van der Waals surface area contributed by atoms with E-state index in [9.17, 15) is 0 Å². The first-order valence-corrected chi connectivity index (χ1v) is 8.33. The third-order valence-corrected chi connectivity index (χ3v) is 5.07. The minimum Gasteiger partial charge on any atom is -0.264 e. The second-order valence-electron chi connectivity index (χ2n) is 5.49. The van der Waals surface area contributed by atoms with Crippen molar-refractivity contribution in [1.29, 1.82) is 0 Å². The highest BCUT2D eigenvalue weighted by molar-refractivity contribution is 9.09. The Morgan fingerprint density at radius 1 is 1.16 bits per heavy atom. The summed E-state index contributed by atoms with van der Waals surface area (Å²) >= 11 is 3.74. The molecule has 3 heteroatoms. The Labute approximate surface area is 124 Å². The molecule has 0 atom stereocenters. The Hall–Kier alpha value is -0.830. The summed E-state index contributed by atoms with van der Waals surface area (Å²) in [5.74, 6) is 0. The first kappa shape index (κ1) is 14.6. The van der Waals surface area contributed by atoms with Gasteiger partial charge in [0.25, 0.3) is 0 Å². The van der Waals surface area contributed by atoms with Crippen molar-refractivity contribution in [2.24, 2.45) is 5.41 Å². The zero-order valence-electron chi connectivity index (χ0n) is 11.9. The molecule has 0 amide bonds. The van der Waals surface area contributed by atoms with Gasteiger partial charge in [-0.2, -0.15) is 5.10 Å². The number of nitrogens with zero attached hydrogens (tertiary/aromatic N) is 2. The van der Waals surface area contributed by atoms with E-state index in [1.165, 1.54) is 36.6 Å². The van der Waals surface area contributed by atoms with Crippen molar-refractivity contribution in [3.63, 3.8) is 0 Å². The fraction of sp³-hybridized carbons (Fsp3) is 0.562. The van der Waals surface area contributed by atoms with Gasteiger partial charge in [-0.3, -0.25) is 4.68 Å². The predicted octanol–water partition coefficient (Wildman–Crippen LogP) is 5.02. The van der Waals surface area contributed by atoms with Crippen molar-refractivity contribution in [3.8, 4) is 0 Å². The van der Waals surface area contributed by atoms with Crippen molar-refractivity contribution < 1.29 is 0 Å². The van der Waals surface area contributed by atoms with E-state index >= 15 is 0 Å². The Kier molecular flexibility index (Phi) is 5.03. The van der Waals surface area contributed by atoms with Crippen LogP contribution in [0.1, 0.15) is 39.5 Å². The maximum atomic E-state index is 4.59. The average Bonchev–Trinajstić information content (AvgIpc) is 2.83. The molecule has 0 bridgehead atoms. The van der Waals surface area contributed by atoms with Crippen molar-refractivity contribution in [3.05, 3.63) is 30.5 Å². The van der Waals surface area contributed by atoms with E-state index in [4.69, 9.17) is 0 Å². The molecule has 0 aliphatic rings. The van der Waals surface area contributed by atoms with Gasteiger partial charge < -0.3 is 0 Å². The van der Waals surface area contributed by atoms with Gasteiger partial charge in [0.1, 0.15) is 0 Å². The molecule has 1 aromatic carbocycles. The number of hydrogen-bond donors (Lipinski definition) is 0. The van der Waals surface area contributed by atoms with Crippen LogP contribution in [-0.4, -0.2) is 15.1 Å². The summed E-state index contributed by atoms with van der Waals surface area (Å²) in [5, 5.41) is 6.88. The molecular formula is C16H23BrN2. The number of halogens is 1. The van der Waals surface area contributed by atoms with E-state index in [2.05, 4.69) is 63.8 Å². The van der Waals surface area contributed by atoms with Crippen LogP contribution >= 0.6 is 15.9 Å². The van der Waals surface area contributed by atoms with Gasteiger partial charge in [0, 0.05) is 17.3 Å². The topological polar surface area (TPSA) is 17.8 Å². The molecule has 0 aliphatic carbocycles. The fourth-order valence-electron chi connectivity index (χ4n) is 2.99. The zero-order chi connectivity index (χ0) is 13.7. The minimum atomic E-state index is 0.332. The third-order valence-electron chi connectivity index (χ3n) is 3.88. The van der Waals surface area contributed by atoms with E-state index in [-0.39, 0.29) is 0 Å². The summed E-state index contributed by atoms with van der Waals surface area (Å²) in [6.07, 6.45) is 6.93. The molecule has 0 saturated heterocycles. The molecule has 0 unspecified atom stereocenters. The quantitative estimate of drug-likeness (QED) is 0.654. The molecule has 0 radical (unpaired) electrons. The highest BCUT2D eigenvalue weighted by Gasteiger charge is 2.28. The third kappa shape index (κ3) is 3.19. The van der Waals surface area contributed by atoms with Crippen LogP contribution in [0.4, 0.5) is 0 Å². The number of hydrogen-bond acceptors (Lipinski definition) is 1. The second-order valence-corrected chi connectivity index (χ2v) is 6.06. The zero-order valence-corrected chi connectivity index (χ0v) is 13.5. The van der Waals surface area contributed by atoms with Crippen LogP contribution < -0.4 is 0 Å². The summed E-state index contributed by atoms with van der Waals surface area (Å²) in [7, 11) is 0. The standard InChI is InChI=1S/C16H23BrN2/c1-3-9-16(12-17,10-4-2)13-19-15-8-6-5-7-14(15)11-18-19/h5-8,11H,3-4,9-10,12-13H2,1-2H3. The van der Waals surface area contributed by atoms with Gasteiger partial charge in [-0.25, -0.2) is 0 Å². The molecule has 19 heavy (non-hydrogen) atoms. The number of para-hydroxylation sites is 1. The van der Waals surface area contributed by atoms with Crippen LogP contribution in [0.3, 0.4) is 0 Å². The predicted molar refractivity (Wildman–Crippen MR) is 85.8 cm³/mol. The fourth-order valence-corrected chi connectivity index (χ4v) is 3.73. The Morgan fingerprint density at radius 2 is 1.84 bits per heavy atom. The molecule has 2 aromatic rings. The van der Waals surface area contributed by atoms with Crippen molar-refractivity contribution in [2.75, 3.05) is 5.33 Å². The SMILES string of the molecule is CCCC(CBr)(CCC)Cn1ncc2ccccc21. The van der Waals surface area contributed by atoms with Crippen LogP contribution in [-0.2, 0) is 6.54 Å². The summed E-state index contributed by atoms with van der Waals surface area (Å²) in [6, 6.07) is 8.47. The van der Waals surface area contributed by atoms with Crippen LogP contribution in [0, 0.1) is 5.41 Å². The summed E-state index contributed by atoms with van der Waals surface area (Å²) in [4.78, 5) is 0. The maximum Gasteiger partial charge on any atom is 0.0682 e. The van der Waals surface area contributed by atoms with E-state index in [1.807, 2.05) is 6.20 Å². The monoisotopic (exact) mass is 322 g/mol. The second kappa shape index (κ2) is 6.56. The van der Waals surface area contributed by atoms with Crippen molar-refractivity contribution in [2.45, 2.75) is 46.1 Å². The van der Waals surface area contributed by atoms with Crippen LogP contribution in [0.25, 0.3) is 10.9 Å². The highest BCUT2D eigenvalue weighted by atomic mass is 79.9. The first-order chi connectivity index (χ1) is 9.24. The molecule has 104 valence electrons. The number of alkyl halides is 1. The molecule has 2 rings (SSSR count). The van der Waals surface area contributed by atoms with E-state index in [0.29, 0.717) is 5.41 Å². The normalized spacial score (nSPS) is 12.2. The molecule has 0 aliphatic heterocycles. The average molecular weight is 323 g/mol.